The van der Waals surface area contributed by atoms with Gasteiger partial charge in [-0.25, -0.2) is 0 Å². The highest BCUT2D eigenvalue weighted by Crippen LogP contribution is 2.24. The average molecular weight is 436 g/mol. The fourth-order valence-electron chi connectivity index (χ4n) is 4.69. The predicted molar refractivity (Wildman–Crippen MR) is 132 cm³/mol. The van der Waals surface area contributed by atoms with Gasteiger partial charge in [-0.2, -0.15) is 0 Å². The van der Waals surface area contributed by atoms with E-state index in [0.717, 1.165) is 59.3 Å². The summed E-state index contributed by atoms with van der Waals surface area (Å²) in [4.78, 5) is 28.1. The minimum absolute atomic E-state index is 0.0634. The average Bonchev–Trinajstić information content (AvgIpc) is 3.03. The van der Waals surface area contributed by atoms with E-state index in [2.05, 4.69) is 15.5 Å². The van der Waals surface area contributed by atoms with E-state index < -0.39 is 0 Å². The summed E-state index contributed by atoms with van der Waals surface area (Å²) in [6.07, 6.45) is 6.83. The molecule has 0 unspecified atom stereocenters. The number of carbonyl (C=O) groups is 2. The highest BCUT2D eigenvalue weighted by Gasteiger charge is 2.25. The zero-order valence-corrected chi connectivity index (χ0v) is 20.0. The molecule has 1 aliphatic carbocycles. The van der Waals surface area contributed by atoms with Crippen molar-refractivity contribution >= 4 is 23.2 Å². The minimum atomic E-state index is -0.0634. The van der Waals surface area contributed by atoms with Crippen molar-refractivity contribution < 1.29 is 9.59 Å². The summed E-state index contributed by atoms with van der Waals surface area (Å²) < 4.78 is 0. The maximum atomic E-state index is 13.0. The highest BCUT2D eigenvalue weighted by atomic mass is 16.2. The van der Waals surface area contributed by atoms with Gasteiger partial charge in [0, 0.05) is 17.4 Å². The van der Waals surface area contributed by atoms with Crippen LogP contribution < -0.4 is 10.6 Å². The van der Waals surface area contributed by atoms with Gasteiger partial charge in [0.2, 0.25) is 11.8 Å². The standard InChI is InChI=1S/C27H37N3O2/c1-19-11-9-12-20(2)26(19)28-24(31)17-30(23-15-7-5-6-8-16-23)18-25(32)29-27-21(3)13-10-14-22(27)4/h9-14,23H,5-8,15-18H2,1-4H3,(H,28,31)(H,29,32). The summed E-state index contributed by atoms with van der Waals surface area (Å²) in [5.74, 6) is -0.127. The Labute approximate surface area is 192 Å². The largest absolute Gasteiger partial charge is 0.324 e. The van der Waals surface area contributed by atoms with Crippen LogP contribution in [0.3, 0.4) is 0 Å². The molecule has 0 aromatic heterocycles. The first-order valence-electron chi connectivity index (χ1n) is 11.8. The molecule has 5 nitrogen and oxygen atoms in total. The third-order valence-corrected chi connectivity index (χ3v) is 6.53. The molecule has 172 valence electrons. The Morgan fingerprint density at radius 3 is 1.47 bits per heavy atom. The second-order valence-corrected chi connectivity index (χ2v) is 9.18. The van der Waals surface area contributed by atoms with Crippen LogP contribution in [0, 0.1) is 27.7 Å². The maximum absolute atomic E-state index is 13.0. The minimum Gasteiger partial charge on any atom is -0.324 e. The van der Waals surface area contributed by atoms with E-state index in [4.69, 9.17) is 0 Å². The summed E-state index contributed by atoms with van der Waals surface area (Å²) in [5.41, 5.74) is 5.94. The van der Waals surface area contributed by atoms with Gasteiger partial charge >= 0.3 is 0 Å². The van der Waals surface area contributed by atoms with Gasteiger partial charge in [-0.1, -0.05) is 62.1 Å². The molecule has 0 saturated heterocycles. The van der Waals surface area contributed by atoms with Crippen molar-refractivity contribution in [2.75, 3.05) is 23.7 Å². The molecule has 1 aliphatic rings. The van der Waals surface area contributed by atoms with Crippen LogP contribution in [-0.2, 0) is 9.59 Å². The molecule has 0 bridgehead atoms. The van der Waals surface area contributed by atoms with Crippen LogP contribution in [0.4, 0.5) is 11.4 Å². The third kappa shape index (κ3) is 6.42. The quantitative estimate of drug-likeness (QED) is 0.563. The molecule has 1 fully saturated rings. The lowest BCUT2D eigenvalue weighted by Crippen LogP contribution is -2.45. The molecule has 1 saturated carbocycles. The number of nitrogens with one attached hydrogen (secondary N) is 2. The van der Waals surface area contributed by atoms with Crippen LogP contribution in [0.15, 0.2) is 36.4 Å². The summed E-state index contributed by atoms with van der Waals surface area (Å²) in [7, 11) is 0. The van der Waals surface area contributed by atoms with Gasteiger partial charge in [0.25, 0.3) is 0 Å². The molecule has 0 spiro atoms. The number of anilines is 2. The molecule has 2 N–H and O–H groups in total. The molecular weight excluding hydrogens is 398 g/mol. The molecule has 5 heteroatoms. The summed E-state index contributed by atoms with van der Waals surface area (Å²) in [6.45, 7) is 8.46. The normalized spacial score (nSPS) is 14.8. The van der Waals surface area contributed by atoms with Crippen molar-refractivity contribution in [2.45, 2.75) is 72.3 Å². The number of para-hydroxylation sites is 2. The topological polar surface area (TPSA) is 61.4 Å². The molecule has 0 aliphatic heterocycles. The Morgan fingerprint density at radius 2 is 1.09 bits per heavy atom. The SMILES string of the molecule is Cc1cccc(C)c1NC(=O)CN(CC(=O)Nc1c(C)cccc1C)C1CCCCCC1. The lowest BCUT2D eigenvalue weighted by molar-refractivity contribution is -0.121. The molecule has 2 aromatic carbocycles. The van der Waals surface area contributed by atoms with Gasteiger partial charge in [0.15, 0.2) is 0 Å². The van der Waals surface area contributed by atoms with Crippen molar-refractivity contribution in [1.82, 2.24) is 4.90 Å². The number of nitrogens with zero attached hydrogens (tertiary/aromatic N) is 1. The smallest absolute Gasteiger partial charge is 0.238 e. The fourth-order valence-corrected chi connectivity index (χ4v) is 4.69. The molecule has 0 heterocycles. The van der Waals surface area contributed by atoms with Crippen molar-refractivity contribution in [3.63, 3.8) is 0 Å². The third-order valence-electron chi connectivity index (χ3n) is 6.53. The number of hydrogen-bond acceptors (Lipinski definition) is 3. The number of amides is 2. The number of carbonyl (C=O) groups excluding carboxylic acids is 2. The summed E-state index contributed by atoms with van der Waals surface area (Å²) in [5, 5.41) is 6.19. The van der Waals surface area contributed by atoms with E-state index in [9.17, 15) is 9.59 Å². The zero-order valence-electron chi connectivity index (χ0n) is 20.0. The number of hydrogen-bond donors (Lipinski definition) is 2. The van der Waals surface area contributed by atoms with E-state index >= 15 is 0 Å². The zero-order chi connectivity index (χ0) is 23.1. The Bertz CT molecular complexity index is 838. The van der Waals surface area contributed by atoms with Crippen molar-refractivity contribution in [2.24, 2.45) is 0 Å². The van der Waals surface area contributed by atoms with Crippen LogP contribution in [0.5, 0.6) is 0 Å². The van der Waals surface area contributed by atoms with Crippen LogP contribution in [0.1, 0.15) is 60.8 Å². The first kappa shape index (κ1) is 24.0. The lowest BCUT2D eigenvalue weighted by atomic mass is 10.1. The Kier molecular flexibility index (Phi) is 8.46. The van der Waals surface area contributed by atoms with E-state index in [-0.39, 0.29) is 30.9 Å². The first-order chi connectivity index (χ1) is 15.3. The van der Waals surface area contributed by atoms with E-state index in [0.29, 0.717) is 0 Å². The monoisotopic (exact) mass is 435 g/mol. The second-order valence-electron chi connectivity index (χ2n) is 9.18. The van der Waals surface area contributed by atoms with Gasteiger partial charge in [0.1, 0.15) is 0 Å². The first-order valence-corrected chi connectivity index (χ1v) is 11.8. The molecule has 3 rings (SSSR count). The number of rotatable bonds is 7. The summed E-state index contributed by atoms with van der Waals surface area (Å²) >= 11 is 0. The van der Waals surface area contributed by atoms with Gasteiger partial charge < -0.3 is 10.6 Å². The molecule has 0 radical (unpaired) electrons. The van der Waals surface area contributed by atoms with Gasteiger partial charge in [-0.15, -0.1) is 0 Å². The Balaban J connectivity index is 1.73. The molecular formula is C27H37N3O2. The van der Waals surface area contributed by atoms with Crippen LogP contribution in [0.25, 0.3) is 0 Å². The van der Waals surface area contributed by atoms with Crippen molar-refractivity contribution in [3.8, 4) is 0 Å². The number of aryl methyl sites for hydroxylation is 4. The molecule has 2 aromatic rings. The van der Waals surface area contributed by atoms with Gasteiger partial charge in [-0.05, 0) is 62.8 Å². The molecule has 0 atom stereocenters. The van der Waals surface area contributed by atoms with Crippen LogP contribution in [-0.4, -0.2) is 35.8 Å². The van der Waals surface area contributed by atoms with Gasteiger partial charge in [0.05, 0.1) is 13.1 Å². The molecule has 32 heavy (non-hydrogen) atoms. The Hall–Kier alpha value is -2.66. The van der Waals surface area contributed by atoms with Crippen LogP contribution in [0.2, 0.25) is 0 Å². The maximum Gasteiger partial charge on any atom is 0.238 e. The predicted octanol–water partition coefficient (Wildman–Crippen LogP) is 5.52. The second kappa shape index (κ2) is 11.3. The Morgan fingerprint density at radius 1 is 0.719 bits per heavy atom. The molecule has 2 amide bonds. The summed E-state index contributed by atoms with van der Waals surface area (Å²) in [6, 6.07) is 12.3. The number of benzene rings is 2. The van der Waals surface area contributed by atoms with E-state index in [1.807, 2.05) is 64.1 Å². The van der Waals surface area contributed by atoms with Crippen molar-refractivity contribution in [1.29, 1.82) is 0 Å². The van der Waals surface area contributed by atoms with Crippen molar-refractivity contribution in [3.05, 3.63) is 58.7 Å². The lowest BCUT2D eigenvalue weighted by Gasteiger charge is -2.30. The van der Waals surface area contributed by atoms with Crippen LogP contribution >= 0.6 is 0 Å². The highest BCUT2D eigenvalue weighted by molar-refractivity contribution is 5.96. The fraction of sp³-hybridized carbons (Fsp3) is 0.481. The van der Waals surface area contributed by atoms with E-state index in [1.165, 1.54) is 12.8 Å². The van der Waals surface area contributed by atoms with E-state index in [1.54, 1.807) is 0 Å². The van der Waals surface area contributed by atoms with Gasteiger partial charge in [-0.3, -0.25) is 14.5 Å².